The first kappa shape index (κ1) is 13.2. The Hall–Kier alpha value is -0.870. The summed E-state index contributed by atoms with van der Waals surface area (Å²) in [5.41, 5.74) is 5.36. The summed E-state index contributed by atoms with van der Waals surface area (Å²) in [6.07, 6.45) is 2.20. The second-order valence-corrected chi connectivity index (χ2v) is 5.45. The lowest BCUT2D eigenvalue weighted by molar-refractivity contribution is -0.121. The van der Waals surface area contributed by atoms with Crippen LogP contribution in [0.25, 0.3) is 0 Å². The standard InChI is InChI=1S/C12H20N2OS/c1-9(14-12(15)4-3-7-13)8-11-6-5-10(2)16-11/h5-6,9H,3-4,7-8,13H2,1-2H3,(H,14,15). The first-order chi connectivity index (χ1) is 7.61. The Morgan fingerprint density at radius 3 is 2.88 bits per heavy atom. The summed E-state index contributed by atoms with van der Waals surface area (Å²) in [7, 11) is 0. The third-order valence-corrected chi connectivity index (χ3v) is 3.34. The number of aryl methyl sites for hydroxylation is 1. The minimum atomic E-state index is 0.103. The van der Waals surface area contributed by atoms with Gasteiger partial charge in [-0.2, -0.15) is 0 Å². The molecule has 0 aliphatic rings. The molecule has 3 N–H and O–H groups in total. The summed E-state index contributed by atoms with van der Waals surface area (Å²) < 4.78 is 0. The third kappa shape index (κ3) is 4.77. The summed E-state index contributed by atoms with van der Waals surface area (Å²) in [4.78, 5) is 14.1. The van der Waals surface area contributed by atoms with Crippen LogP contribution in [0.5, 0.6) is 0 Å². The maximum Gasteiger partial charge on any atom is 0.220 e. The minimum Gasteiger partial charge on any atom is -0.353 e. The Balaban J connectivity index is 2.30. The van der Waals surface area contributed by atoms with E-state index < -0.39 is 0 Å². The topological polar surface area (TPSA) is 55.1 Å². The summed E-state index contributed by atoms with van der Waals surface area (Å²) in [5, 5.41) is 2.98. The predicted molar refractivity (Wildman–Crippen MR) is 68.7 cm³/mol. The number of nitrogens with one attached hydrogen (secondary N) is 1. The first-order valence-corrected chi connectivity index (χ1v) is 6.48. The number of rotatable bonds is 6. The molecule has 0 aliphatic heterocycles. The number of hydrogen-bond acceptors (Lipinski definition) is 3. The van der Waals surface area contributed by atoms with Crippen LogP contribution < -0.4 is 11.1 Å². The molecule has 1 aromatic heterocycles. The van der Waals surface area contributed by atoms with Gasteiger partial charge in [0.25, 0.3) is 0 Å². The Morgan fingerprint density at radius 2 is 2.31 bits per heavy atom. The summed E-state index contributed by atoms with van der Waals surface area (Å²) >= 11 is 1.79. The van der Waals surface area contributed by atoms with Crippen LogP contribution in [0.1, 0.15) is 29.5 Å². The van der Waals surface area contributed by atoms with Crippen molar-refractivity contribution in [2.45, 2.75) is 39.2 Å². The molecule has 4 heteroatoms. The van der Waals surface area contributed by atoms with Gasteiger partial charge in [0.1, 0.15) is 0 Å². The molecule has 90 valence electrons. The lowest BCUT2D eigenvalue weighted by Crippen LogP contribution is -2.33. The Kier molecular flexibility index (Phi) is 5.49. The van der Waals surface area contributed by atoms with Crippen molar-refractivity contribution in [3.8, 4) is 0 Å². The fraction of sp³-hybridized carbons (Fsp3) is 0.583. The molecule has 1 aromatic rings. The number of amides is 1. The molecule has 0 spiro atoms. The second-order valence-electron chi connectivity index (χ2n) is 4.08. The van der Waals surface area contributed by atoms with Crippen LogP contribution >= 0.6 is 11.3 Å². The Morgan fingerprint density at radius 1 is 1.56 bits per heavy atom. The zero-order valence-electron chi connectivity index (χ0n) is 9.95. The Labute approximate surface area is 101 Å². The highest BCUT2D eigenvalue weighted by atomic mass is 32.1. The van der Waals surface area contributed by atoms with E-state index >= 15 is 0 Å². The van der Waals surface area contributed by atoms with Gasteiger partial charge in [0.05, 0.1) is 0 Å². The molecular weight excluding hydrogens is 220 g/mol. The molecular formula is C12H20N2OS. The van der Waals surface area contributed by atoms with Gasteiger partial charge >= 0.3 is 0 Å². The number of hydrogen-bond donors (Lipinski definition) is 2. The van der Waals surface area contributed by atoms with Gasteiger partial charge in [-0.05, 0) is 38.9 Å². The van der Waals surface area contributed by atoms with Crippen molar-refractivity contribution >= 4 is 17.2 Å². The summed E-state index contributed by atoms with van der Waals surface area (Å²) in [6.45, 7) is 4.71. The third-order valence-electron chi connectivity index (χ3n) is 2.32. The second kappa shape index (κ2) is 6.66. The first-order valence-electron chi connectivity index (χ1n) is 5.66. The fourth-order valence-corrected chi connectivity index (χ4v) is 2.58. The van der Waals surface area contributed by atoms with Crippen LogP contribution in [0.3, 0.4) is 0 Å². The SMILES string of the molecule is Cc1ccc(CC(C)NC(=O)CCCN)s1. The number of carbonyl (C=O) groups excluding carboxylic acids is 1. The average molecular weight is 240 g/mol. The van der Waals surface area contributed by atoms with Gasteiger partial charge in [-0.3, -0.25) is 4.79 Å². The van der Waals surface area contributed by atoms with Crippen molar-refractivity contribution < 1.29 is 4.79 Å². The molecule has 1 amide bonds. The van der Waals surface area contributed by atoms with Gasteiger partial charge in [-0.15, -0.1) is 11.3 Å². The van der Waals surface area contributed by atoms with Crippen LogP contribution in [0, 0.1) is 6.92 Å². The average Bonchev–Trinajstić information content (AvgIpc) is 2.60. The van der Waals surface area contributed by atoms with Crippen molar-refractivity contribution in [1.29, 1.82) is 0 Å². The van der Waals surface area contributed by atoms with Crippen molar-refractivity contribution in [3.05, 3.63) is 21.9 Å². The number of thiophene rings is 1. The predicted octanol–water partition coefficient (Wildman–Crippen LogP) is 1.84. The highest BCUT2D eigenvalue weighted by Gasteiger charge is 2.08. The van der Waals surface area contributed by atoms with E-state index in [2.05, 4.69) is 24.4 Å². The molecule has 0 bridgehead atoms. The van der Waals surface area contributed by atoms with Crippen molar-refractivity contribution in [2.75, 3.05) is 6.54 Å². The molecule has 0 saturated carbocycles. The fourth-order valence-electron chi connectivity index (χ4n) is 1.56. The number of carbonyl (C=O) groups is 1. The van der Waals surface area contributed by atoms with Crippen molar-refractivity contribution in [2.24, 2.45) is 5.73 Å². The lowest BCUT2D eigenvalue weighted by atomic mass is 10.2. The lowest BCUT2D eigenvalue weighted by Gasteiger charge is -2.12. The molecule has 0 saturated heterocycles. The molecule has 1 unspecified atom stereocenters. The van der Waals surface area contributed by atoms with E-state index in [0.717, 1.165) is 12.8 Å². The highest BCUT2D eigenvalue weighted by molar-refractivity contribution is 7.11. The van der Waals surface area contributed by atoms with Gasteiger partial charge in [-0.25, -0.2) is 0 Å². The molecule has 0 radical (unpaired) electrons. The van der Waals surface area contributed by atoms with Crippen molar-refractivity contribution in [1.82, 2.24) is 5.32 Å². The van der Waals surface area contributed by atoms with Gasteiger partial charge in [-0.1, -0.05) is 0 Å². The maximum atomic E-state index is 11.4. The van der Waals surface area contributed by atoms with Crippen LogP contribution in [-0.2, 0) is 11.2 Å². The molecule has 1 heterocycles. The molecule has 0 fully saturated rings. The summed E-state index contributed by atoms with van der Waals surface area (Å²) in [5.74, 6) is 0.103. The van der Waals surface area contributed by atoms with E-state index in [0.29, 0.717) is 13.0 Å². The molecule has 1 rings (SSSR count). The van der Waals surface area contributed by atoms with Gasteiger partial charge in [0.15, 0.2) is 0 Å². The zero-order valence-corrected chi connectivity index (χ0v) is 10.8. The van der Waals surface area contributed by atoms with E-state index in [1.54, 1.807) is 11.3 Å². The van der Waals surface area contributed by atoms with Gasteiger partial charge in [0.2, 0.25) is 5.91 Å². The molecule has 3 nitrogen and oxygen atoms in total. The maximum absolute atomic E-state index is 11.4. The van der Waals surface area contributed by atoms with Gasteiger partial charge < -0.3 is 11.1 Å². The normalized spacial score (nSPS) is 12.4. The van der Waals surface area contributed by atoms with E-state index in [-0.39, 0.29) is 11.9 Å². The molecule has 0 aliphatic carbocycles. The van der Waals surface area contributed by atoms with Crippen molar-refractivity contribution in [3.63, 3.8) is 0 Å². The Bertz CT molecular complexity index is 336. The highest BCUT2D eigenvalue weighted by Crippen LogP contribution is 2.16. The van der Waals surface area contributed by atoms with E-state index in [1.807, 2.05) is 6.92 Å². The summed E-state index contributed by atoms with van der Waals surface area (Å²) in [6, 6.07) is 4.44. The smallest absolute Gasteiger partial charge is 0.220 e. The van der Waals surface area contributed by atoms with Crippen LogP contribution in [0.4, 0.5) is 0 Å². The largest absolute Gasteiger partial charge is 0.353 e. The quantitative estimate of drug-likeness (QED) is 0.797. The zero-order chi connectivity index (χ0) is 12.0. The van der Waals surface area contributed by atoms with Crippen LogP contribution in [0.15, 0.2) is 12.1 Å². The molecule has 0 aromatic carbocycles. The molecule has 1 atom stereocenters. The molecule has 16 heavy (non-hydrogen) atoms. The van der Waals surface area contributed by atoms with E-state index in [9.17, 15) is 4.79 Å². The van der Waals surface area contributed by atoms with E-state index in [4.69, 9.17) is 5.73 Å². The monoisotopic (exact) mass is 240 g/mol. The minimum absolute atomic E-state index is 0.103. The van der Waals surface area contributed by atoms with E-state index in [1.165, 1.54) is 9.75 Å². The van der Waals surface area contributed by atoms with Gasteiger partial charge in [0, 0.05) is 28.6 Å². The number of nitrogens with two attached hydrogens (primary N) is 1. The van der Waals surface area contributed by atoms with Crippen LogP contribution in [0.2, 0.25) is 0 Å². The van der Waals surface area contributed by atoms with Crippen LogP contribution in [-0.4, -0.2) is 18.5 Å².